The van der Waals surface area contributed by atoms with Crippen molar-refractivity contribution in [1.82, 2.24) is 9.97 Å². The number of H-pyrrole nitrogens is 2. The van der Waals surface area contributed by atoms with Crippen molar-refractivity contribution in [3.05, 3.63) is 45.9 Å². The van der Waals surface area contributed by atoms with E-state index in [0.717, 1.165) is 21.9 Å². The zero-order valence-corrected chi connectivity index (χ0v) is 9.22. The fourth-order valence-corrected chi connectivity index (χ4v) is 2.21. The van der Waals surface area contributed by atoms with Crippen molar-refractivity contribution >= 4 is 21.8 Å². The Labute approximate surface area is 92.1 Å². The molecular weight excluding hydrogens is 200 g/mol. The van der Waals surface area contributed by atoms with Gasteiger partial charge in [-0.3, -0.25) is 4.79 Å². The Hall–Kier alpha value is -2.03. The second kappa shape index (κ2) is 2.98. The standard InChI is InChI=1S/C13H12N2O/c1-7-3-4-10-9(5-7)11-8(2)6-14-12(11)13(16)15-10/h3-6,14H,1-2H3,(H,15,16). The van der Waals surface area contributed by atoms with E-state index < -0.39 is 0 Å². The molecule has 0 amide bonds. The van der Waals surface area contributed by atoms with Crippen molar-refractivity contribution in [2.45, 2.75) is 13.8 Å². The minimum absolute atomic E-state index is 0.0561. The highest BCUT2D eigenvalue weighted by Gasteiger charge is 2.08. The molecule has 0 spiro atoms. The Morgan fingerprint density at radius 3 is 2.81 bits per heavy atom. The predicted molar refractivity (Wildman–Crippen MR) is 65.9 cm³/mol. The number of pyridine rings is 1. The molecule has 2 aromatic heterocycles. The van der Waals surface area contributed by atoms with Gasteiger partial charge in [0, 0.05) is 22.5 Å². The number of aryl methyl sites for hydroxylation is 2. The van der Waals surface area contributed by atoms with Gasteiger partial charge in [0.1, 0.15) is 5.52 Å². The molecule has 3 rings (SSSR count). The molecule has 1 aromatic carbocycles. The second-order valence-corrected chi connectivity index (χ2v) is 4.22. The lowest BCUT2D eigenvalue weighted by Crippen LogP contribution is -2.06. The molecule has 0 bridgehead atoms. The van der Waals surface area contributed by atoms with Crippen molar-refractivity contribution in [3.63, 3.8) is 0 Å². The minimum Gasteiger partial charge on any atom is -0.356 e. The third-order valence-electron chi connectivity index (χ3n) is 3.00. The highest BCUT2D eigenvalue weighted by molar-refractivity contribution is 6.06. The molecule has 2 heterocycles. The minimum atomic E-state index is -0.0561. The number of fused-ring (bicyclic) bond motifs is 3. The van der Waals surface area contributed by atoms with Gasteiger partial charge < -0.3 is 9.97 Å². The van der Waals surface area contributed by atoms with Crippen LogP contribution in [0.15, 0.2) is 29.2 Å². The van der Waals surface area contributed by atoms with E-state index in [1.165, 1.54) is 5.56 Å². The molecule has 3 aromatic rings. The van der Waals surface area contributed by atoms with E-state index >= 15 is 0 Å². The van der Waals surface area contributed by atoms with Crippen molar-refractivity contribution in [1.29, 1.82) is 0 Å². The summed E-state index contributed by atoms with van der Waals surface area (Å²) in [5.41, 5.74) is 3.80. The van der Waals surface area contributed by atoms with E-state index in [2.05, 4.69) is 23.0 Å². The first-order valence-electron chi connectivity index (χ1n) is 5.27. The van der Waals surface area contributed by atoms with Gasteiger partial charge in [-0.05, 0) is 31.5 Å². The van der Waals surface area contributed by atoms with Crippen molar-refractivity contribution in [2.75, 3.05) is 0 Å². The topological polar surface area (TPSA) is 48.6 Å². The van der Waals surface area contributed by atoms with Crippen molar-refractivity contribution in [2.24, 2.45) is 0 Å². The monoisotopic (exact) mass is 212 g/mol. The summed E-state index contributed by atoms with van der Waals surface area (Å²) >= 11 is 0. The molecule has 0 aliphatic heterocycles. The van der Waals surface area contributed by atoms with E-state index in [1.54, 1.807) is 0 Å². The normalized spacial score (nSPS) is 11.4. The molecule has 0 aliphatic carbocycles. The smallest absolute Gasteiger partial charge is 0.272 e. The molecule has 0 radical (unpaired) electrons. The molecule has 0 atom stereocenters. The van der Waals surface area contributed by atoms with Crippen LogP contribution < -0.4 is 5.56 Å². The highest BCUT2D eigenvalue weighted by Crippen LogP contribution is 2.24. The van der Waals surface area contributed by atoms with Gasteiger partial charge >= 0.3 is 0 Å². The molecule has 3 heteroatoms. The quantitative estimate of drug-likeness (QED) is 0.591. The van der Waals surface area contributed by atoms with Gasteiger partial charge in [0.15, 0.2) is 0 Å². The SMILES string of the molecule is Cc1ccc2[nH]c(=O)c3[nH]cc(C)c3c2c1. The summed E-state index contributed by atoms with van der Waals surface area (Å²) in [4.78, 5) is 17.7. The van der Waals surface area contributed by atoms with E-state index in [-0.39, 0.29) is 5.56 Å². The first kappa shape index (κ1) is 9.21. The first-order valence-corrected chi connectivity index (χ1v) is 5.27. The van der Waals surface area contributed by atoms with E-state index in [9.17, 15) is 4.79 Å². The maximum atomic E-state index is 11.8. The molecule has 0 unspecified atom stereocenters. The van der Waals surface area contributed by atoms with Crippen molar-refractivity contribution in [3.8, 4) is 0 Å². The maximum absolute atomic E-state index is 11.8. The summed E-state index contributed by atoms with van der Waals surface area (Å²) in [6.07, 6.45) is 1.88. The van der Waals surface area contributed by atoms with Gasteiger partial charge in [0.2, 0.25) is 0 Å². The van der Waals surface area contributed by atoms with E-state index in [1.807, 2.05) is 25.3 Å². The van der Waals surface area contributed by atoms with Gasteiger partial charge in [0.05, 0.1) is 0 Å². The summed E-state index contributed by atoms with van der Waals surface area (Å²) in [6.45, 7) is 4.07. The van der Waals surface area contributed by atoms with Gasteiger partial charge in [-0.1, -0.05) is 11.6 Å². The second-order valence-electron chi connectivity index (χ2n) is 4.22. The van der Waals surface area contributed by atoms with E-state index in [4.69, 9.17) is 0 Å². The number of hydrogen-bond acceptors (Lipinski definition) is 1. The fourth-order valence-electron chi connectivity index (χ4n) is 2.21. The Morgan fingerprint density at radius 1 is 1.19 bits per heavy atom. The van der Waals surface area contributed by atoms with Crippen LogP contribution in [0, 0.1) is 13.8 Å². The fraction of sp³-hybridized carbons (Fsp3) is 0.154. The average Bonchev–Trinajstić information content (AvgIpc) is 2.63. The molecule has 2 N–H and O–H groups in total. The summed E-state index contributed by atoms with van der Waals surface area (Å²) in [7, 11) is 0. The molecule has 0 saturated heterocycles. The third kappa shape index (κ3) is 1.11. The number of hydrogen-bond donors (Lipinski definition) is 2. The van der Waals surface area contributed by atoms with Gasteiger partial charge in [0.25, 0.3) is 5.56 Å². The zero-order valence-electron chi connectivity index (χ0n) is 9.22. The molecule has 80 valence electrons. The van der Waals surface area contributed by atoms with Crippen LogP contribution in [0.5, 0.6) is 0 Å². The molecule has 3 nitrogen and oxygen atoms in total. The van der Waals surface area contributed by atoms with Crippen LogP contribution in [0.3, 0.4) is 0 Å². The number of aromatic amines is 2. The number of rotatable bonds is 0. The molecule has 0 aliphatic rings. The maximum Gasteiger partial charge on any atom is 0.272 e. The number of aromatic nitrogens is 2. The Morgan fingerprint density at radius 2 is 2.00 bits per heavy atom. The van der Waals surface area contributed by atoms with Gasteiger partial charge in [-0.2, -0.15) is 0 Å². The summed E-state index contributed by atoms with van der Waals surface area (Å²) in [5, 5.41) is 2.14. The van der Waals surface area contributed by atoms with Crippen molar-refractivity contribution < 1.29 is 0 Å². The Bertz CT molecular complexity index is 750. The van der Waals surface area contributed by atoms with Crippen LogP contribution in [0.25, 0.3) is 21.8 Å². The lowest BCUT2D eigenvalue weighted by molar-refractivity contribution is 1.30. The number of benzene rings is 1. The Balaban J connectivity index is 2.69. The molecular formula is C13H12N2O. The van der Waals surface area contributed by atoms with E-state index in [0.29, 0.717) is 5.52 Å². The predicted octanol–water partition coefficient (Wildman–Crippen LogP) is 2.63. The lowest BCUT2D eigenvalue weighted by Gasteiger charge is -2.02. The third-order valence-corrected chi connectivity index (χ3v) is 3.00. The van der Waals surface area contributed by atoms with Crippen LogP contribution in [0.2, 0.25) is 0 Å². The lowest BCUT2D eigenvalue weighted by atomic mass is 10.1. The molecule has 0 saturated carbocycles. The largest absolute Gasteiger partial charge is 0.356 e. The summed E-state index contributed by atoms with van der Waals surface area (Å²) in [5.74, 6) is 0. The zero-order chi connectivity index (χ0) is 11.3. The van der Waals surface area contributed by atoms with Crippen LogP contribution in [0.1, 0.15) is 11.1 Å². The Kier molecular flexibility index (Phi) is 1.72. The van der Waals surface area contributed by atoms with Crippen LogP contribution >= 0.6 is 0 Å². The van der Waals surface area contributed by atoms with Gasteiger partial charge in [-0.15, -0.1) is 0 Å². The van der Waals surface area contributed by atoms with Crippen LogP contribution in [-0.2, 0) is 0 Å². The van der Waals surface area contributed by atoms with Gasteiger partial charge in [-0.25, -0.2) is 0 Å². The number of nitrogens with one attached hydrogen (secondary N) is 2. The first-order chi connectivity index (χ1) is 7.66. The average molecular weight is 212 g/mol. The summed E-state index contributed by atoms with van der Waals surface area (Å²) in [6, 6.07) is 6.07. The molecule has 0 fully saturated rings. The van der Waals surface area contributed by atoms with Crippen LogP contribution in [-0.4, -0.2) is 9.97 Å². The summed E-state index contributed by atoms with van der Waals surface area (Å²) < 4.78 is 0. The molecule has 16 heavy (non-hydrogen) atoms. The highest BCUT2D eigenvalue weighted by atomic mass is 16.1. The van der Waals surface area contributed by atoms with Crippen LogP contribution in [0.4, 0.5) is 0 Å².